The number of hydrogen-bond donors (Lipinski definition) is 1. The Bertz CT molecular complexity index is 1190. The van der Waals surface area contributed by atoms with E-state index in [0.717, 1.165) is 21.9 Å². The van der Waals surface area contributed by atoms with Crippen molar-refractivity contribution in [1.29, 1.82) is 0 Å². The van der Waals surface area contributed by atoms with E-state index < -0.39 is 0 Å². The van der Waals surface area contributed by atoms with Gasteiger partial charge >= 0.3 is 5.91 Å². The minimum atomic E-state index is -0.369. The van der Waals surface area contributed by atoms with Crippen LogP contribution in [-0.4, -0.2) is 15.9 Å². The van der Waals surface area contributed by atoms with E-state index in [1.807, 2.05) is 60.8 Å². The monoisotopic (exact) mass is 443 g/mol. The highest BCUT2D eigenvalue weighted by molar-refractivity contribution is 7.15. The molecule has 1 saturated carbocycles. The van der Waals surface area contributed by atoms with Crippen molar-refractivity contribution >= 4 is 22.9 Å². The van der Waals surface area contributed by atoms with Crippen LogP contribution in [0.3, 0.4) is 0 Å². The SMILES string of the molecule is CC1CCC(c2ncc(-c3ccc(NC(=O)c4ncc(-c5ccccc5)o4)cc3)s2)CC1. The van der Waals surface area contributed by atoms with Gasteiger partial charge in [0.2, 0.25) is 0 Å². The molecule has 1 amide bonds. The first kappa shape index (κ1) is 20.6. The molecule has 1 aliphatic rings. The van der Waals surface area contributed by atoms with Crippen LogP contribution in [-0.2, 0) is 0 Å². The molecule has 1 aliphatic carbocycles. The third kappa shape index (κ3) is 4.50. The van der Waals surface area contributed by atoms with E-state index in [0.29, 0.717) is 17.4 Å². The fraction of sp³-hybridized carbons (Fsp3) is 0.269. The van der Waals surface area contributed by atoms with Gasteiger partial charge < -0.3 is 9.73 Å². The summed E-state index contributed by atoms with van der Waals surface area (Å²) in [7, 11) is 0. The van der Waals surface area contributed by atoms with E-state index in [1.165, 1.54) is 30.7 Å². The maximum atomic E-state index is 12.5. The molecule has 0 unspecified atom stereocenters. The molecule has 5 nitrogen and oxygen atoms in total. The van der Waals surface area contributed by atoms with Crippen molar-refractivity contribution in [3.8, 4) is 21.8 Å². The number of rotatable bonds is 5. The fourth-order valence-corrected chi connectivity index (χ4v) is 5.23. The number of amides is 1. The molecular weight excluding hydrogens is 418 g/mol. The average molecular weight is 444 g/mol. The van der Waals surface area contributed by atoms with Gasteiger partial charge in [-0.25, -0.2) is 9.97 Å². The average Bonchev–Trinajstić information content (AvgIpc) is 3.51. The molecule has 0 spiro atoms. The molecule has 0 bridgehead atoms. The first-order chi connectivity index (χ1) is 15.7. The molecule has 5 rings (SSSR count). The molecule has 0 atom stereocenters. The third-order valence-corrected chi connectivity index (χ3v) is 7.28. The van der Waals surface area contributed by atoms with Crippen molar-refractivity contribution in [2.75, 3.05) is 5.32 Å². The summed E-state index contributed by atoms with van der Waals surface area (Å²) >= 11 is 1.79. The van der Waals surface area contributed by atoms with Gasteiger partial charge in [0.15, 0.2) is 5.76 Å². The van der Waals surface area contributed by atoms with E-state index >= 15 is 0 Å². The number of aromatic nitrogens is 2. The maximum absolute atomic E-state index is 12.5. The Morgan fingerprint density at radius 3 is 2.44 bits per heavy atom. The van der Waals surface area contributed by atoms with Gasteiger partial charge in [-0.3, -0.25) is 4.79 Å². The zero-order chi connectivity index (χ0) is 21.9. The van der Waals surface area contributed by atoms with Gasteiger partial charge in [-0.2, -0.15) is 0 Å². The predicted molar refractivity (Wildman–Crippen MR) is 128 cm³/mol. The lowest BCUT2D eigenvalue weighted by Crippen LogP contribution is -2.11. The highest BCUT2D eigenvalue weighted by atomic mass is 32.1. The lowest BCUT2D eigenvalue weighted by molar-refractivity contribution is 0.0991. The molecule has 4 aromatic rings. The summed E-state index contributed by atoms with van der Waals surface area (Å²) in [6.07, 6.45) is 8.62. The number of thiazole rings is 1. The van der Waals surface area contributed by atoms with E-state index in [4.69, 9.17) is 9.40 Å². The second-order valence-electron chi connectivity index (χ2n) is 8.45. The number of carbonyl (C=O) groups is 1. The summed E-state index contributed by atoms with van der Waals surface area (Å²) in [4.78, 5) is 22.5. The van der Waals surface area contributed by atoms with Gasteiger partial charge in [0.25, 0.3) is 5.89 Å². The molecule has 2 heterocycles. The summed E-state index contributed by atoms with van der Waals surface area (Å²) in [5, 5.41) is 4.11. The number of anilines is 1. The molecule has 162 valence electrons. The minimum absolute atomic E-state index is 0.0434. The van der Waals surface area contributed by atoms with E-state index in [2.05, 4.69) is 17.2 Å². The van der Waals surface area contributed by atoms with Gasteiger partial charge in [-0.15, -0.1) is 11.3 Å². The topological polar surface area (TPSA) is 68.0 Å². The van der Waals surface area contributed by atoms with Crippen molar-refractivity contribution in [3.05, 3.63) is 77.9 Å². The highest BCUT2D eigenvalue weighted by Crippen LogP contribution is 2.39. The molecule has 0 saturated heterocycles. The summed E-state index contributed by atoms with van der Waals surface area (Å²) in [5.41, 5.74) is 2.69. The standard InChI is InChI=1S/C26H25N3O2S/c1-17-7-9-20(10-8-17)26-28-16-23(32-26)19-11-13-21(14-12-19)29-24(30)25-27-15-22(31-25)18-5-3-2-4-6-18/h2-6,11-17,20H,7-10H2,1H3,(H,29,30). The molecule has 2 aromatic carbocycles. The number of oxazole rings is 1. The van der Waals surface area contributed by atoms with Crippen molar-refractivity contribution in [2.24, 2.45) is 5.92 Å². The van der Waals surface area contributed by atoms with Crippen LogP contribution in [0.15, 0.2) is 71.4 Å². The van der Waals surface area contributed by atoms with Gasteiger partial charge in [0.05, 0.1) is 16.1 Å². The summed E-state index contributed by atoms with van der Waals surface area (Å²) in [6.45, 7) is 2.34. The first-order valence-corrected chi connectivity index (χ1v) is 11.9. The number of benzene rings is 2. The largest absolute Gasteiger partial charge is 0.432 e. The Kier molecular flexibility index (Phi) is 5.86. The summed E-state index contributed by atoms with van der Waals surface area (Å²) in [5.74, 6) is 1.69. The van der Waals surface area contributed by atoms with Crippen molar-refractivity contribution in [2.45, 2.75) is 38.5 Å². The number of carbonyl (C=O) groups excluding carboxylic acids is 1. The van der Waals surface area contributed by atoms with Crippen molar-refractivity contribution in [3.63, 3.8) is 0 Å². The number of hydrogen-bond acceptors (Lipinski definition) is 5. The zero-order valence-electron chi connectivity index (χ0n) is 18.0. The quantitative estimate of drug-likeness (QED) is 0.360. The van der Waals surface area contributed by atoms with Crippen LogP contribution in [0.4, 0.5) is 5.69 Å². The Morgan fingerprint density at radius 2 is 1.69 bits per heavy atom. The van der Waals surface area contributed by atoms with Crippen LogP contribution in [0.1, 0.15) is 54.2 Å². The van der Waals surface area contributed by atoms with Crippen LogP contribution < -0.4 is 5.32 Å². The Morgan fingerprint density at radius 1 is 0.938 bits per heavy atom. The lowest BCUT2D eigenvalue weighted by atomic mass is 9.83. The number of nitrogens with one attached hydrogen (secondary N) is 1. The van der Waals surface area contributed by atoms with Gasteiger partial charge in [0.1, 0.15) is 0 Å². The van der Waals surface area contributed by atoms with Gasteiger partial charge in [-0.1, -0.05) is 62.2 Å². The van der Waals surface area contributed by atoms with Gasteiger partial charge in [-0.05, 0) is 36.5 Å². The Labute approximate surface area is 191 Å². The second-order valence-corrected chi connectivity index (χ2v) is 9.51. The molecular formula is C26H25N3O2S. The summed E-state index contributed by atoms with van der Waals surface area (Å²) in [6, 6.07) is 17.4. The van der Waals surface area contributed by atoms with Crippen LogP contribution in [0, 0.1) is 5.92 Å². The second kappa shape index (κ2) is 9.09. The molecule has 32 heavy (non-hydrogen) atoms. The third-order valence-electron chi connectivity index (χ3n) is 6.07. The molecule has 1 N–H and O–H groups in total. The maximum Gasteiger partial charge on any atom is 0.311 e. The molecule has 1 fully saturated rings. The van der Waals surface area contributed by atoms with Crippen molar-refractivity contribution < 1.29 is 9.21 Å². The van der Waals surface area contributed by atoms with Crippen LogP contribution in [0.25, 0.3) is 21.8 Å². The molecule has 2 aromatic heterocycles. The Balaban J connectivity index is 1.24. The van der Waals surface area contributed by atoms with E-state index in [1.54, 1.807) is 17.5 Å². The van der Waals surface area contributed by atoms with Crippen LogP contribution in [0.5, 0.6) is 0 Å². The van der Waals surface area contributed by atoms with E-state index in [9.17, 15) is 4.79 Å². The fourth-order valence-electron chi connectivity index (χ4n) is 4.13. The Hall–Kier alpha value is -3.25. The number of nitrogens with zero attached hydrogens (tertiary/aromatic N) is 2. The van der Waals surface area contributed by atoms with Gasteiger partial charge in [0, 0.05) is 23.4 Å². The van der Waals surface area contributed by atoms with Crippen molar-refractivity contribution in [1.82, 2.24) is 9.97 Å². The predicted octanol–water partition coefficient (Wildman–Crippen LogP) is 7.01. The molecule has 0 radical (unpaired) electrons. The zero-order valence-corrected chi connectivity index (χ0v) is 18.8. The van der Waals surface area contributed by atoms with E-state index in [-0.39, 0.29) is 11.8 Å². The molecule has 6 heteroatoms. The molecule has 0 aliphatic heterocycles. The lowest BCUT2D eigenvalue weighted by Gasteiger charge is -2.24. The summed E-state index contributed by atoms with van der Waals surface area (Å²) < 4.78 is 5.63. The smallest absolute Gasteiger partial charge is 0.311 e. The van der Waals surface area contributed by atoms with Crippen LogP contribution in [0.2, 0.25) is 0 Å². The highest BCUT2D eigenvalue weighted by Gasteiger charge is 2.22. The normalized spacial score (nSPS) is 18.4. The van der Waals surface area contributed by atoms with Crippen LogP contribution >= 0.6 is 11.3 Å². The first-order valence-electron chi connectivity index (χ1n) is 11.0. The minimum Gasteiger partial charge on any atom is -0.432 e.